The molecule has 3 aromatic carbocycles. The molecule has 0 aliphatic carbocycles. The van der Waals surface area contributed by atoms with Gasteiger partial charge in [0.25, 0.3) is 11.6 Å². The summed E-state index contributed by atoms with van der Waals surface area (Å²) in [7, 11) is 0. The molecule has 0 radical (unpaired) electrons. The summed E-state index contributed by atoms with van der Waals surface area (Å²) in [6.45, 7) is 1.54. The molecule has 1 saturated heterocycles. The third kappa shape index (κ3) is 4.65. The van der Waals surface area contributed by atoms with E-state index in [1.54, 1.807) is 11.0 Å². The van der Waals surface area contributed by atoms with Crippen molar-refractivity contribution in [1.82, 2.24) is 0 Å². The predicted octanol–water partition coefficient (Wildman–Crippen LogP) is 4.05. The van der Waals surface area contributed by atoms with Gasteiger partial charge in [-0.1, -0.05) is 36.4 Å². The first-order chi connectivity index (χ1) is 17.5. The fourth-order valence-electron chi connectivity index (χ4n) is 4.70. The van der Waals surface area contributed by atoms with Crippen LogP contribution >= 0.6 is 0 Å². The van der Waals surface area contributed by atoms with Gasteiger partial charge in [-0.25, -0.2) is 4.79 Å². The van der Waals surface area contributed by atoms with Crippen LogP contribution in [0.15, 0.2) is 66.7 Å². The van der Waals surface area contributed by atoms with Gasteiger partial charge < -0.3 is 14.4 Å². The lowest BCUT2D eigenvalue weighted by atomic mass is 10.0. The van der Waals surface area contributed by atoms with Gasteiger partial charge in [0, 0.05) is 25.2 Å². The van der Waals surface area contributed by atoms with E-state index in [1.165, 1.54) is 12.1 Å². The SMILES string of the molecule is O=C(OCC(=O)N1c2ccccc2CCc2ccccc21)c1cc([N+](=O)[O-])ccc1N1CCOCC1. The summed E-state index contributed by atoms with van der Waals surface area (Å²) in [6.07, 6.45) is 1.57. The molecule has 0 bridgehead atoms. The fourth-order valence-corrected chi connectivity index (χ4v) is 4.70. The largest absolute Gasteiger partial charge is 0.452 e. The molecule has 9 nitrogen and oxygen atoms in total. The molecule has 0 spiro atoms. The molecule has 1 amide bonds. The topological polar surface area (TPSA) is 102 Å². The number of fused-ring (bicyclic) bond motifs is 2. The Morgan fingerprint density at radius 1 is 0.889 bits per heavy atom. The number of esters is 1. The van der Waals surface area contributed by atoms with Crippen molar-refractivity contribution in [2.24, 2.45) is 0 Å². The molecule has 2 aliphatic rings. The number of hydrogen-bond donors (Lipinski definition) is 0. The van der Waals surface area contributed by atoms with Crippen LogP contribution in [0.2, 0.25) is 0 Å². The maximum atomic E-state index is 13.5. The zero-order chi connectivity index (χ0) is 25.1. The summed E-state index contributed by atoms with van der Waals surface area (Å²) in [6, 6.07) is 19.5. The first-order valence-electron chi connectivity index (χ1n) is 11.8. The Bertz CT molecular complexity index is 1270. The van der Waals surface area contributed by atoms with Crippen LogP contribution in [-0.2, 0) is 27.1 Å². The van der Waals surface area contributed by atoms with Crippen LogP contribution in [0.3, 0.4) is 0 Å². The number of nitrogens with zero attached hydrogens (tertiary/aromatic N) is 3. The number of non-ortho nitro benzene ring substituents is 1. The lowest BCUT2D eigenvalue weighted by Crippen LogP contribution is -2.37. The van der Waals surface area contributed by atoms with Crippen LogP contribution in [0.5, 0.6) is 0 Å². The molecule has 0 saturated carbocycles. The molecule has 0 aromatic heterocycles. The van der Waals surface area contributed by atoms with Gasteiger partial charge in [0.15, 0.2) is 6.61 Å². The van der Waals surface area contributed by atoms with Crippen molar-refractivity contribution in [3.8, 4) is 0 Å². The van der Waals surface area contributed by atoms with Crippen LogP contribution < -0.4 is 9.80 Å². The van der Waals surface area contributed by atoms with E-state index < -0.39 is 23.4 Å². The number of carbonyl (C=O) groups is 2. The number of carbonyl (C=O) groups excluding carboxylic acids is 2. The lowest BCUT2D eigenvalue weighted by Gasteiger charge is -2.30. The second-order valence-electron chi connectivity index (χ2n) is 8.62. The van der Waals surface area contributed by atoms with E-state index in [4.69, 9.17) is 9.47 Å². The smallest absolute Gasteiger partial charge is 0.341 e. The van der Waals surface area contributed by atoms with Gasteiger partial charge in [-0.3, -0.25) is 19.8 Å². The molecule has 2 heterocycles. The average molecular weight is 488 g/mol. The van der Waals surface area contributed by atoms with Crippen LogP contribution in [0, 0.1) is 10.1 Å². The van der Waals surface area contributed by atoms with Gasteiger partial charge >= 0.3 is 5.97 Å². The molecule has 0 atom stereocenters. The van der Waals surface area contributed by atoms with Crippen LogP contribution in [-0.4, -0.2) is 49.7 Å². The molecule has 184 valence electrons. The normalized spacial score (nSPS) is 14.9. The molecule has 0 N–H and O–H groups in total. The highest BCUT2D eigenvalue weighted by Crippen LogP contribution is 2.36. The first-order valence-corrected chi connectivity index (χ1v) is 11.8. The molecule has 5 rings (SSSR count). The summed E-state index contributed by atoms with van der Waals surface area (Å²) >= 11 is 0. The van der Waals surface area contributed by atoms with Crippen LogP contribution in [0.25, 0.3) is 0 Å². The van der Waals surface area contributed by atoms with E-state index >= 15 is 0 Å². The number of ether oxygens (including phenoxy) is 2. The number of aryl methyl sites for hydroxylation is 2. The predicted molar refractivity (Wildman–Crippen MR) is 134 cm³/mol. The number of benzene rings is 3. The van der Waals surface area contributed by atoms with Crippen LogP contribution in [0.1, 0.15) is 21.5 Å². The Hall–Kier alpha value is -4.24. The molecule has 0 unspecified atom stereocenters. The average Bonchev–Trinajstić information content (AvgIpc) is 3.08. The minimum absolute atomic E-state index is 0.0515. The molecular weight excluding hydrogens is 462 g/mol. The molecule has 3 aromatic rings. The molecule has 1 fully saturated rings. The van der Waals surface area contributed by atoms with Gasteiger partial charge in [-0.05, 0) is 42.2 Å². The number of nitro benzene ring substituents is 1. The van der Waals surface area contributed by atoms with Crippen molar-refractivity contribution in [2.45, 2.75) is 12.8 Å². The monoisotopic (exact) mass is 487 g/mol. The van der Waals surface area contributed by atoms with Crippen molar-refractivity contribution >= 4 is 34.6 Å². The van der Waals surface area contributed by atoms with Crippen molar-refractivity contribution in [3.05, 3.63) is 93.5 Å². The second kappa shape index (κ2) is 10.2. The summed E-state index contributed by atoms with van der Waals surface area (Å²) in [5.74, 6) is -1.19. The van der Waals surface area contributed by atoms with E-state index in [0.717, 1.165) is 35.3 Å². The first kappa shape index (κ1) is 23.5. The Morgan fingerprint density at radius 2 is 1.50 bits per heavy atom. The standard InChI is InChI=1S/C27H25N3O6/c31-26(29-23-7-3-1-5-19(23)9-10-20-6-2-4-8-24(20)29)18-36-27(32)22-17-21(30(33)34)11-12-25(22)28-13-15-35-16-14-28/h1-8,11-12,17H,9-10,13-16,18H2. The molecule has 36 heavy (non-hydrogen) atoms. The Balaban J connectivity index is 1.42. The van der Waals surface area contributed by atoms with Gasteiger partial charge in [-0.2, -0.15) is 0 Å². The number of hydrogen-bond acceptors (Lipinski definition) is 7. The van der Waals surface area contributed by atoms with E-state index in [2.05, 4.69) is 0 Å². The number of amides is 1. The van der Waals surface area contributed by atoms with E-state index in [0.29, 0.717) is 32.0 Å². The summed E-state index contributed by atoms with van der Waals surface area (Å²) in [5.41, 5.74) is 3.92. The second-order valence-corrected chi connectivity index (χ2v) is 8.62. The minimum atomic E-state index is -0.787. The number of anilines is 3. The highest BCUT2D eigenvalue weighted by molar-refractivity contribution is 6.05. The van der Waals surface area contributed by atoms with E-state index in [1.807, 2.05) is 53.4 Å². The lowest BCUT2D eigenvalue weighted by molar-refractivity contribution is -0.384. The molecule has 9 heteroatoms. The number of para-hydroxylation sites is 2. The minimum Gasteiger partial charge on any atom is -0.452 e. The van der Waals surface area contributed by atoms with Gasteiger partial charge in [0.1, 0.15) is 0 Å². The van der Waals surface area contributed by atoms with Crippen LogP contribution in [0.4, 0.5) is 22.7 Å². The summed E-state index contributed by atoms with van der Waals surface area (Å²) in [4.78, 5) is 41.0. The highest BCUT2D eigenvalue weighted by atomic mass is 16.6. The maximum absolute atomic E-state index is 13.5. The fraction of sp³-hybridized carbons (Fsp3) is 0.259. The van der Waals surface area contributed by atoms with Crippen molar-refractivity contribution in [2.75, 3.05) is 42.7 Å². The third-order valence-corrected chi connectivity index (χ3v) is 6.47. The Labute approximate surface area is 208 Å². The Morgan fingerprint density at radius 3 is 2.11 bits per heavy atom. The zero-order valence-electron chi connectivity index (χ0n) is 19.6. The summed E-state index contributed by atoms with van der Waals surface area (Å²) in [5, 5.41) is 11.4. The van der Waals surface area contributed by atoms with Gasteiger partial charge in [-0.15, -0.1) is 0 Å². The van der Waals surface area contributed by atoms with E-state index in [9.17, 15) is 19.7 Å². The number of morpholine rings is 1. The third-order valence-electron chi connectivity index (χ3n) is 6.47. The number of rotatable bonds is 5. The maximum Gasteiger partial charge on any atom is 0.341 e. The quantitative estimate of drug-likeness (QED) is 0.304. The van der Waals surface area contributed by atoms with Gasteiger partial charge in [0.2, 0.25) is 0 Å². The summed E-state index contributed by atoms with van der Waals surface area (Å²) < 4.78 is 10.9. The highest BCUT2D eigenvalue weighted by Gasteiger charge is 2.28. The van der Waals surface area contributed by atoms with Crippen molar-refractivity contribution in [3.63, 3.8) is 0 Å². The van der Waals surface area contributed by atoms with Gasteiger partial charge in [0.05, 0.1) is 40.8 Å². The van der Waals surface area contributed by atoms with Crippen molar-refractivity contribution < 1.29 is 24.0 Å². The molecule has 2 aliphatic heterocycles. The zero-order valence-corrected chi connectivity index (χ0v) is 19.6. The van der Waals surface area contributed by atoms with Crippen molar-refractivity contribution in [1.29, 1.82) is 0 Å². The van der Waals surface area contributed by atoms with E-state index in [-0.39, 0.29) is 11.3 Å². The molecular formula is C27H25N3O6. The Kier molecular flexibility index (Phi) is 6.64. The number of nitro groups is 1.